The minimum absolute atomic E-state index is 0.177. The highest BCUT2D eigenvalue weighted by molar-refractivity contribution is 5.68. The molecule has 2 N–H and O–H groups in total. The number of fused-ring (bicyclic) bond motifs is 2. The van der Waals surface area contributed by atoms with Gasteiger partial charge in [0.05, 0.1) is 30.1 Å². The van der Waals surface area contributed by atoms with Gasteiger partial charge in [-0.05, 0) is 37.8 Å². The van der Waals surface area contributed by atoms with Crippen LogP contribution in [0.2, 0.25) is 0 Å². The molecular formula is C21H24N6O. The van der Waals surface area contributed by atoms with E-state index in [2.05, 4.69) is 32.2 Å². The van der Waals surface area contributed by atoms with E-state index < -0.39 is 0 Å². The molecule has 2 fully saturated rings. The zero-order valence-electron chi connectivity index (χ0n) is 15.9. The molecule has 2 aliphatic rings. The molecule has 0 radical (unpaired) electrons. The van der Waals surface area contributed by atoms with E-state index >= 15 is 0 Å². The van der Waals surface area contributed by atoms with E-state index in [1.807, 2.05) is 29.1 Å². The van der Waals surface area contributed by atoms with Gasteiger partial charge in [0.25, 0.3) is 0 Å². The number of hydrogen-bond donors (Lipinski definition) is 2. The molecule has 5 rings (SSSR count). The van der Waals surface area contributed by atoms with Gasteiger partial charge in [0.2, 0.25) is 0 Å². The Morgan fingerprint density at radius 1 is 1.14 bits per heavy atom. The molecule has 2 bridgehead atoms. The first-order valence-electron chi connectivity index (χ1n) is 9.80. The van der Waals surface area contributed by atoms with Gasteiger partial charge in [-0.2, -0.15) is 0 Å². The maximum Gasteiger partial charge on any atom is 0.147 e. The lowest BCUT2D eigenvalue weighted by Gasteiger charge is -2.36. The van der Waals surface area contributed by atoms with Gasteiger partial charge in [-0.25, -0.2) is 9.97 Å². The van der Waals surface area contributed by atoms with Crippen LogP contribution >= 0.6 is 0 Å². The summed E-state index contributed by atoms with van der Waals surface area (Å²) < 4.78 is 1.85. The first-order valence-corrected chi connectivity index (χ1v) is 9.80. The highest BCUT2D eigenvalue weighted by Gasteiger charge is 2.35. The number of anilines is 1. The van der Waals surface area contributed by atoms with Gasteiger partial charge >= 0.3 is 0 Å². The minimum atomic E-state index is 0.177. The predicted octanol–water partition coefficient (Wildman–Crippen LogP) is 2.75. The van der Waals surface area contributed by atoms with Crippen molar-refractivity contribution >= 4 is 5.82 Å². The van der Waals surface area contributed by atoms with Gasteiger partial charge < -0.3 is 19.9 Å². The second-order valence-electron chi connectivity index (χ2n) is 7.81. The van der Waals surface area contributed by atoms with Crippen molar-refractivity contribution in [2.45, 2.75) is 43.8 Å². The Labute approximate surface area is 164 Å². The molecule has 0 amide bonds. The van der Waals surface area contributed by atoms with Crippen molar-refractivity contribution in [1.82, 2.24) is 24.8 Å². The number of aromatic hydroxyl groups is 1. The third kappa shape index (κ3) is 3.11. The third-order valence-corrected chi connectivity index (χ3v) is 6.06. The van der Waals surface area contributed by atoms with Crippen LogP contribution in [0.15, 0.2) is 49.3 Å². The molecule has 3 atom stereocenters. The van der Waals surface area contributed by atoms with E-state index in [4.69, 9.17) is 0 Å². The topological polar surface area (TPSA) is 79.1 Å². The number of aromatic nitrogens is 4. The molecule has 7 heteroatoms. The van der Waals surface area contributed by atoms with Gasteiger partial charge in [0, 0.05) is 49.2 Å². The summed E-state index contributed by atoms with van der Waals surface area (Å²) in [5.74, 6) is 1.06. The number of nitrogens with one attached hydrogen (secondary N) is 1. The summed E-state index contributed by atoms with van der Waals surface area (Å²) in [5, 5.41) is 14.2. The van der Waals surface area contributed by atoms with Crippen molar-refractivity contribution in [1.29, 1.82) is 0 Å². The standard InChI is InChI=1S/C21H24N6O/c1-26(17-8-14-2-3-15(9-17)25-14)21-12-23-19(11-24-21)18-5-4-16(10-20(18)28)27-7-6-22-13-27/h4-7,10-15,17,25,28H,2-3,8-9H2,1H3/t14-,15+,17?. The third-order valence-electron chi connectivity index (χ3n) is 6.06. The SMILES string of the molecule is CN(c1cnc(-c2ccc(-n3ccnc3)cc2O)cn1)C1C[C@H]2CC[C@@H](C1)N2. The van der Waals surface area contributed by atoms with Crippen LogP contribution in [0.4, 0.5) is 5.82 Å². The van der Waals surface area contributed by atoms with E-state index in [0.717, 1.165) is 24.3 Å². The van der Waals surface area contributed by atoms with Crippen molar-refractivity contribution in [2.75, 3.05) is 11.9 Å². The molecular weight excluding hydrogens is 352 g/mol. The van der Waals surface area contributed by atoms with Crippen LogP contribution in [0.3, 0.4) is 0 Å². The molecule has 144 valence electrons. The predicted molar refractivity (Wildman–Crippen MR) is 108 cm³/mol. The molecule has 28 heavy (non-hydrogen) atoms. The molecule has 0 spiro atoms. The molecule has 3 aromatic rings. The summed E-state index contributed by atoms with van der Waals surface area (Å²) in [7, 11) is 2.11. The maximum absolute atomic E-state index is 10.5. The molecule has 1 unspecified atom stereocenters. The fraction of sp³-hybridized carbons (Fsp3) is 0.381. The summed E-state index contributed by atoms with van der Waals surface area (Å²) in [6.45, 7) is 0. The van der Waals surface area contributed by atoms with Crippen molar-refractivity contribution < 1.29 is 5.11 Å². The molecule has 2 aromatic heterocycles. The Bertz CT molecular complexity index is 944. The first kappa shape index (κ1) is 17.2. The zero-order chi connectivity index (χ0) is 19.1. The van der Waals surface area contributed by atoms with Crippen molar-refractivity contribution in [3.8, 4) is 22.7 Å². The van der Waals surface area contributed by atoms with Gasteiger partial charge in [-0.15, -0.1) is 0 Å². The van der Waals surface area contributed by atoms with E-state index in [-0.39, 0.29) is 5.75 Å². The summed E-state index contributed by atoms with van der Waals surface area (Å²) in [6.07, 6.45) is 13.7. The van der Waals surface area contributed by atoms with Crippen LogP contribution in [-0.2, 0) is 0 Å². The average molecular weight is 376 g/mol. The van der Waals surface area contributed by atoms with Crippen molar-refractivity contribution in [3.05, 3.63) is 49.3 Å². The highest BCUT2D eigenvalue weighted by atomic mass is 16.3. The molecule has 7 nitrogen and oxygen atoms in total. The van der Waals surface area contributed by atoms with Gasteiger partial charge in [0.1, 0.15) is 11.6 Å². The number of nitrogens with zero attached hydrogens (tertiary/aromatic N) is 5. The number of hydrogen-bond acceptors (Lipinski definition) is 6. The van der Waals surface area contributed by atoms with E-state index in [1.165, 1.54) is 12.8 Å². The van der Waals surface area contributed by atoms with Crippen LogP contribution < -0.4 is 10.2 Å². The second-order valence-corrected chi connectivity index (χ2v) is 7.81. The summed E-state index contributed by atoms with van der Waals surface area (Å²) in [5.41, 5.74) is 2.19. The molecule has 0 aliphatic carbocycles. The quantitative estimate of drug-likeness (QED) is 0.729. The lowest BCUT2D eigenvalue weighted by Crippen LogP contribution is -2.47. The summed E-state index contributed by atoms with van der Waals surface area (Å²) in [6, 6.07) is 7.30. The summed E-state index contributed by atoms with van der Waals surface area (Å²) in [4.78, 5) is 15.5. The molecule has 1 aromatic carbocycles. The Hall–Kier alpha value is -2.93. The Balaban J connectivity index is 1.35. The average Bonchev–Trinajstić information content (AvgIpc) is 3.37. The number of imidazole rings is 1. The van der Waals surface area contributed by atoms with Crippen LogP contribution in [0.25, 0.3) is 16.9 Å². The minimum Gasteiger partial charge on any atom is -0.507 e. The van der Waals surface area contributed by atoms with E-state index in [9.17, 15) is 5.11 Å². The second kappa shape index (κ2) is 6.91. The van der Waals surface area contributed by atoms with Crippen molar-refractivity contribution in [3.63, 3.8) is 0 Å². The molecule has 4 heterocycles. The zero-order valence-corrected chi connectivity index (χ0v) is 15.9. The number of phenols is 1. The number of piperidine rings is 1. The Morgan fingerprint density at radius 3 is 2.61 bits per heavy atom. The lowest BCUT2D eigenvalue weighted by atomic mass is 9.98. The fourth-order valence-electron chi connectivity index (χ4n) is 4.48. The largest absolute Gasteiger partial charge is 0.507 e. The van der Waals surface area contributed by atoms with E-state index in [1.54, 1.807) is 24.8 Å². The van der Waals surface area contributed by atoms with Crippen LogP contribution in [0, 0.1) is 0 Å². The van der Waals surface area contributed by atoms with Crippen LogP contribution in [0.5, 0.6) is 5.75 Å². The normalized spacial score (nSPS) is 23.7. The molecule has 2 saturated heterocycles. The number of rotatable bonds is 4. The fourth-order valence-corrected chi connectivity index (χ4v) is 4.48. The number of benzene rings is 1. The van der Waals surface area contributed by atoms with Gasteiger partial charge in [0.15, 0.2) is 0 Å². The number of phenolic OH excluding ortho intramolecular Hbond substituents is 1. The van der Waals surface area contributed by atoms with E-state index in [0.29, 0.717) is 29.4 Å². The monoisotopic (exact) mass is 376 g/mol. The maximum atomic E-state index is 10.5. The first-order chi connectivity index (χ1) is 13.7. The van der Waals surface area contributed by atoms with Gasteiger partial charge in [-0.1, -0.05) is 0 Å². The van der Waals surface area contributed by atoms with Crippen LogP contribution in [0.1, 0.15) is 25.7 Å². The lowest BCUT2D eigenvalue weighted by molar-refractivity contribution is 0.353. The Morgan fingerprint density at radius 2 is 1.96 bits per heavy atom. The van der Waals surface area contributed by atoms with Gasteiger partial charge in [-0.3, -0.25) is 4.98 Å². The highest BCUT2D eigenvalue weighted by Crippen LogP contribution is 2.32. The molecule has 2 aliphatic heterocycles. The summed E-state index contributed by atoms with van der Waals surface area (Å²) >= 11 is 0. The van der Waals surface area contributed by atoms with Crippen LogP contribution in [-0.4, -0.2) is 49.8 Å². The van der Waals surface area contributed by atoms with Crippen molar-refractivity contribution in [2.24, 2.45) is 0 Å². The smallest absolute Gasteiger partial charge is 0.147 e. The Kier molecular flexibility index (Phi) is 4.24. The molecule has 0 saturated carbocycles.